The van der Waals surface area contributed by atoms with E-state index in [0.29, 0.717) is 48.3 Å². The first-order valence-electron chi connectivity index (χ1n) is 9.17. The summed E-state index contributed by atoms with van der Waals surface area (Å²) in [5.74, 6) is 1.23. The summed E-state index contributed by atoms with van der Waals surface area (Å²) in [6, 6.07) is 14.3. The lowest BCUT2D eigenvalue weighted by molar-refractivity contribution is -0.112. The van der Waals surface area contributed by atoms with Crippen LogP contribution in [0.15, 0.2) is 48.0 Å². The van der Waals surface area contributed by atoms with E-state index < -0.39 is 5.91 Å². The molecule has 0 heterocycles. The molecule has 0 aliphatic carbocycles. The molecule has 6 heteroatoms. The molecule has 1 amide bonds. The van der Waals surface area contributed by atoms with Crippen molar-refractivity contribution in [3.05, 3.63) is 53.6 Å². The van der Waals surface area contributed by atoms with Gasteiger partial charge >= 0.3 is 0 Å². The smallest absolute Gasteiger partial charge is 0.266 e. The number of carbonyl (C=O) groups is 1. The Hall–Kier alpha value is -3.46. The van der Waals surface area contributed by atoms with Crippen molar-refractivity contribution >= 4 is 17.7 Å². The molecule has 2 rings (SSSR count). The Labute approximate surface area is 165 Å². The van der Waals surface area contributed by atoms with Gasteiger partial charge in [0.1, 0.15) is 17.4 Å². The number of nitrogens with zero attached hydrogens (tertiary/aromatic N) is 1. The maximum atomic E-state index is 12.6. The van der Waals surface area contributed by atoms with Crippen molar-refractivity contribution < 1.29 is 19.0 Å². The number of amides is 1. The topological polar surface area (TPSA) is 80.6 Å². The number of hydrogen-bond acceptors (Lipinski definition) is 5. The zero-order valence-electron chi connectivity index (χ0n) is 16.3. The van der Waals surface area contributed by atoms with E-state index in [1.165, 1.54) is 6.08 Å². The monoisotopic (exact) mass is 380 g/mol. The van der Waals surface area contributed by atoms with Gasteiger partial charge < -0.3 is 19.5 Å². The molecule has 0 unspecified atom stereocenters. The molecule has 2 aromatic carbocycles. The Morgan fingerprint density at radius 3 is 2.29 bits per heavy atom. The first kappa shape index (κ1) is 20.8. The van der Waals surface area contributed by atoms with Gasteiger partial charge in [-0.25, -0.2) is 0 Å². The minimum absolute atomic E-state index is 0.0297. The number of anilines is 1. The lowest BCUT2D eigenvalue weighted by Gasteiger charge is -2.12. The van der Waals surface area contributed by atoms with E-state index in [2.05, 4.69) is 5.32 Å². The molecule has 1 N–H and O–H groups in total. The fourth-order valence-electron chi connectivity index (χ4n) is 2.51. The van der Waals surface area contributed by atoms with Crippen LogP contribution in [0.25, 0.3) is 6.08 Å². The molecule has 0 spiro atoms. The van der Waals surface area contributed by atoms with Crippen LogP contribution >= 0.6 is 0 Å². The van der Waals surface area contributed by atoms with Gasteiger partial charge in [0, 0.05) is 0 Å². The van der Waals surface area contributed by atoms with Crippen molar-refractivity contribution in [3.63, 3.8) is 0 Å². The van der Waals surface area contributed by atoms with Crippen LogP contribution in [0.1, 0.15) is 26.3 Å². The Bertz CT molecular complexity index is 884. The van der Waals surface area contributed by atoms with Gasteiger partial charge in [0.15, 0.2) is 11.5 Å². The molecule has 0 saturated heterocycles. The molecule has 0 fully saturated rings. The summed E-state index contributed by atoms with van der Waals surface area (Å²) in [4.78, 5) is 12.6. The Kier molecular flexibility index (Phi) is 7.92. The molecule has 6 nitrogen and oxygen atoms in total. The molecule has 0 saturated carbocycles. The number of hydrogen-bond donors (Lipinski definition) is 1. The number of ether oxygens (including phenoxy) is 3. The average molecular weight is 380 g/mol. The van der Waals surface area contributed by atoms with Crippen molar-refractivity contribution in [2.75, 3.05) is 25.1 Å². The van der Waals surface area contributed by atoms with Gasteiger partial charge in [0.2, 0.25) is 0 Å². The second-order valence-corrected chi connectivity index (χ2v) is 5.63. The fourth-order valence-corrected chi connectivity index (χ4v) is 2.51. The van der Waals surface area contributed by atoms with Crippen LogP contribution in [0.4, 0.5) is 5.69 Å². The maximum absolute atomic E-state index is 12.6. The van der Waals surface area contributed by atoms with E-state index in [1.807, 2.05) is 32.9 Å². The van der Waals surface area contributed by atoms with Crippen LogP contribution in [0.3, 0.4) is 0 Å². The van der Waals surface area contributed by atoms with Gasteiger partial charge in [0.25, 0.3) is 5.91 Å². The average Bonchev–Trinajstić information content (AvgIpc) is 2.70. The molecular weight excluding hydrogens is 356 g/mol. The summed E-state index contributed by atoms with van der Waals surface area (Å²) in [6.07, 6.45) is 1.51. The van der Waals surface area contributed by atoms with Crippen LogP contribution in [-0.2, 0) is 4.79 Å². The van der Waals surface area contributed by atoms with Crippen LogP contribution in [-0.4, -0.2) is 25.7 Å². The number of para-hydroxylation sites is 2. The van der Waals surface area contributed by atoms with E-state index in [4.69, 9.17) is 14.2 Å². The van der Waals surface area contributed by atoms with Crippen molar-refractivity contribution in [3.8, 4) is 23.3 Å². The van der Waals surface area contributed by atoms with Gasteiger partial charge in [-0.3, -0.25) is 4.79 Å². The summed E-state index contributed by atoms with van der Waals surface area (Å²) in [5, 5.41) is 12.2. The Balaban J connectivity index is 2.27. The van der Waals surface area contributed by atoms with E-state index in [1.54, 1.807) is 36.4 Å². The third-order valence-corrected chi connectivity index (χ3v) is 3.68. The summed E-state index contributed by atoms with van der Waals surface area (Å²) in [6.45, 7) is 7.10. The number of nitrogens with one attached hydrogen (secondary N) is 1. The molecular formula is C22H24N2O4. The molecule has 28 heavy (non-hydrogen) atoms. The quantitative estimate of drug-likeness (QED) is 0.514. The molecule has 2 aromatic rings. The van der Waals surface area contributed by atoms with E-state index >= 15 is 0 Å². The molecule has 0 aliphatic rings. The summed E-state index contributed by atoms with van der Waals surface area (Å²) >= 11 is 0. The van der Waals surface area contributed by atoms with Gasteiger partial charge in [-0.05, 0) is 56.7 Å². The third-order valence-electron chi connectivity index (χ3n) is 3.68. The minimum Gasteiger partial charge on any atom is -0.492 e. The molecule has 0 radical (unpaired) electrons. The van der Waals surface area contributed by atoms with Gasteiger partial charge in [-0.2, -0.15) is 5.26 Å². The van der Waals surface area contributed by atoms with Crippen LogP contribution in [0.2, 0.25) is 0 Å². The fraction of sp³-hybridized carbons (Fsp3) is 0.273. The Morgan fingerprint density at radius 1 is 0.964 bits per heavy atom. The molecule has 0 aromatic heterocycles. The number of benzene rings is 2. The maximum Gasteiger partial charge on any atom is 0.266 e. The van der Waals surface area contributed by atoms with Crippen molar-refractivity contribution in [1.82, 2.24) is 0 Å². The second kappa shape index (κ2) is 10.6. The van der Waals surface area contributed by atoms with Crippen molar-refractivity contribution in [1.29, 1.82) is 5.26 Å². The van der Waals surface area contributed by atoms with Crippen LogP contribution < -0.4 is 19.5 Å². The second-order valence-electron chi connectivity index (χ2n) is 5.63. The number of carbonyl (C=O) groups excluding carboxylic acids is 1. The van der Waals surface area contributed by atoms with Crippen molar-refractivity contribution in [2.24, 2.45) is 0 Å². The van der Waals surface area contributed by atoms with Crippen LogP contribution in [0.5, 0.6) is 17.2 Å². The summed E-state index contributed by atoms with van der Waals surface area (Å²) < 4.78 is 16.6. The minimum atomic E-state index is -0.513. The lowest BCUT2D eigenvalue weighted by atomic mass is 10.1. The van der Waals surface area contributed by atoms with Crippen molar-refractivity contribution in [2.45, 2.75) is 20.8 Å². The zero-order valence-corrected chi connectivity index (χ0v) is 16.3. The van der Waals surface area contributed by atoms with Gasteiger partial charge in [-0.1, -0.05) is 18.2 Å². The van der Waals surface area contributed by atoms with E-state index in [0.717, 1.165) is 0 Å². The first-order chi connectivity index (χ1) is 13.6. The SMILES string of the molecule is CCOc1ccccc1NC(=O)C(C#N)=Cc1ccc(OCC)c(OCC)c1. The summed E-state index contributed by atoms with van der Waals surface area (Å²) in [7, 11) is 0. The van der Waals surface area contributed by atoms with Gasteiger partial charge in [0.05, 0.1) is 25.5 Å². The lowest BCUT2D eigenvalue weighted by Crippen LogP contribution is -2.14. The molecule has 0 aliphatic heterocycles. The molecule has 146 valence electrons. The zero-order chi connectivity index (χ0) is 20.4. The number of nitriles is 1. The van der Waals surface area contributed by atoms with E-state index in [9.17, 15) is 10.1 Å². The first-order valence-corrected chi connectivity index (χ1v) is 9.17. The molecule has 0 atom stereocenters. The Morgan fingerprint density at radius 2 is 1.61 bits per heavy atom. The molecule has 0 bridgehead atoms. The summed E-state index contributed by atoms with van der Waals surface area (Å²) in [5.41, 5.74) is 1.15. The number of rotatable bonds is 9. The largest absolute Gasteiger partial charge is 0.492 e. The predicted octanol–water partition coefficient (Wildman–Crippen LogP) is 4.43. The van der Waals surface area contributed by atoms with Gasteiger partial charge in [-0.15, -0.1) is 0 Å². The standard InChI is InChI=1S/C22H24N2O4/c1-4-26-19-10-8-7-9-18(19)24-22(25)17(15-23)13-16-11-12-20(27-5-2)21(14-16)28-6-3/h7-14H,4-6H2,1-3H3,(H,24,25). The van der Waals surface area contributed by atoms with E-state index in [-0.39, 0.29) is 5.57 Å². The highest BCUT2D eigenvalue weighted by Gasteiger charge is 2.13. The third kappa shape index (κ3) is 5.52. The highest BCUT2D eigenvalue weighted by Crippen LogP contribution is 2.30. The van der Waals surface area contributed by atoms with Crippen LogP contribution in [0, 0.1) is 11.3 Å². The highest BCUT2D eigenvalue weighted by molar-refractivity contribution is 6.10. The highest BCUT2D eigenvalue weighted by atomic mass is 16.5. The predicted molar refractivity (Wildman–Crippen MR) is 109 cm³/mol. The normalized spacial score (nSPS) is 10.7.